The molecular formula is C21H20F6N6O2. The summed E-state index contributed by atoms with van der Waals surface area (Å²) in [7, 11) is 0. The van der Waals surface area contributed by atoms with E-state index in [0.717, 1.165) is 17.3 Å². The van der Waals surface area contributed by atoms with Crippen molar-refractivity contribution >= 4 is 17.5 Å². The summed E-state index contributed by atoms with van der Waals surface area (Å²) in [5.41, 5.74) is 0.142. The molecule has 0 aromatic carbocycles. The van der Waals surface area contributed by atoms with E-state index < -0.39 is 36.1 Å². The second-order valence-electron chi connectivity index (χ2n) is 8.55. The summed E-state index contributed by atoms with van der Waals surface area (Å²) in [6, 6.07) is 2.99. The van der Waals surface area contributed by atoms with Crippen LogP contribution in [-0.4, -0.2) is 51.7 Å². The molecule has 4 heterocycles. The van der Waals surface area contributed by atoms with Gasteiger partial charge in [0.15, 0.2) is 18.0 Å². The molecule has 0 amide bonds. The van der Waals surface area contributed by atoms with Crippen LogP contribution in [0, 0.1) is 18.8 Å². The second-order valence-corrected chi connectivity index (χ2v) is 8.55. The van der Waals surface area contributed by atoms with Crippen molar-refractivity contribution in [3.63, 3.8) is 0 Å². The number of fused-ring (bicyclic) bond motifs is 2. The van der Waals surface area contributed by atoms with Crippen molar-refractivity contribution < 1.29 is 35.6 Å². The molecule has 1 N–H and O–H groups in total. The number of nitrogens with one attached hydrogen (secondary N) is 1. The van der Waals surface area contributed by atoms with Gasteiger partial charge >= 0.3 is 12.4 Å². The Morgan fingerprint density at radius 1 is 1.20 bits per heavy atom. The number of ether oxygens (including phenoxy) is 1. The summed E-state index contributed by atoms with van der Waals surface area (Å²) in [5, 5.41) is 10.9. The minimum absolute atomic E-state index is 0.0984. The van der Waals surface area contributed by atoms with Gasteiger partial charge in [-0.3, -0.25) is 0 Å². The van der Waals surface area contributed by atoms with Crippen LogP contribution in [0.5, 0.6) is 5.75 Å². The van der Waals surface area contributed by atoms with E-state index in [9.17, 15) is 26.3 Å². The van der Waals surface area contributed by atoms with Gasteiger partial charge in [0.1, 0.15) is 5.69 Å². The van der Waals surface area contributed by atoms with Gasteiger partial charge in [-0.25, -0.2) is 4.52 Å². The summed E-state index contributed by atoms with van der Waals surface area (Å²) in [5.74, 6) is 0.340. The predicted octanol–water partition coefficient (Wildman–Crippen LogP) is 4.48. The number of pyridine rings is 1. The van der Waals surface area contributed by atoms with Crippen molar-refractivity contribution in [2.45, 2.75) is 32.2 Å². The highest BCUT2D eigenvalue weighted by molar-refractivity contribution is 5.58. The number of aryl methyl sites for hydroxylation is 1. The largest absolute Gasteiger partial charge is 0.480 e. The lowest BCUT2D eigenvalue weighted by Crippen LogP contribution is -2.48. The van der Waals surface area contributed by atoms with Crippen LogP contribution in [0.25, 0.3) is 5.65 Å². The van der Waals surface area contributed by atoms with Crippen LogP contribution in [0.1, 0.15) is 18.3 Å². The molecule has 0 spiro atoms. The van der Waals surface area contributed by atoms with Crippen LogP contribution in [0.2, 0.25) is 0 Å². The minimum atomic E-state index is -4.80. The third-order valence-electron chi connectivity index (χ3n) is 6.26. The lowest BCUT2D eigenvalue weighted by molar-refractivity contribution is -0.153. The van der Waals surface area contributed by atoms with E-state index in [1.54, 1.807) is 0 Å². The molecule has 2 aliphatic rings. The number of halogens is 6. The molecule has 1 aliphatic carbocycles. The lowest BCUT2D eigenvalue weighted by Gasteiger charge is -2.42. The van der Waals surface area contributed by atoms with E-state index >= 15 is 0 Å². The number of rotatable bonds is 5. The fraction of sp³-hybridized carbons (Fsp3) is 0.476. The van der Waals surface area contributed by atoms with Crippen LogP contribution in [-0.2, 0) is 6.18 Å². The molecule has 1 unspecified atom stereocenters. The molecule has 1 saturated heterocycles. The summed E-state index contributed by atoms with van der Waals surface area (Å²) in [6.07, 6.45) is -7.54. The first-order chi connectivity index (χ1) is 16.4. The third kappa shape index (κ3) is 4.25. The summed E-state index contributed by atoms with van der Waals surface area (Å²) < 4.78 is 88.9. The maximum Gasteiger partial charge on any atom is 0.433 e. The topological polar surface area (TPSA) is 80.7 Å². The molecule has 5 rings (SSSR count). The van der Waals surface area contributed by atoms with Gasteiger partial charge in [0.2, 0.25) is 11.8 Å². The molecule has 3 aromatic rings. The number of nitrogens with zero attached hydrogens (tertiary/aromatic N) is 5. The molecule has 0 radical (unpaired) electrons. The fourth-order valence-electron chi connectivity index (χ4n) is 4.77. The smallest absolute Gasteiger partial charge is 0.433 e. The van der Waals surface area contributed by atoms with Crippen LogP contribution in [0.15, 0.2) is 34.4 Å². The number of allylic oxidation sites excluding steroid dienone is 1. The monoisotopic (exact) mass is 502 g/mol. The van der Waals surface area contributed by atoms with Gasteiger partial charge in [0, 0.05) is 31.0 Å². The zero-order valence-corrected chi connectivity index (χ0v) is 18.5. The van der Waals surface area contributed by atoms with Gasteiger partial charge < -0.3 is 19.5 Å². The van der Waals surface area contributed by atoms with Gasteiger partial charge in [-0.05, 0) is 31.6 Å². The molecule has 1 saturated carbocycles. The summed E-state index contributed by atoms with van der Waals surface area (Å²) in [6.45, 7) is 3.33. The molecule has 2 fully saturated rings. The van der Waals surface area contributed by atoms with Gasteiger partial charge in [-0.1, -0.05) is 11.2 Å². The average molecular weight is 502 g/mol. The number of alkyl halides is 6. The summed E-state index contributed by atoms with van der Waals surface area (Å²) in [4.78, 5) is 6.10. The first-order valence-corrected chi connectivity index (χ1v) is 10.7. The maximum absolute atomic E-state index is 13.5. The van der Waals surface area contributed by atoms with Gasteiger partial charge in [0.05, 0.1) is 11.7 Å². The molecule has 188 valence electrons. The van der Waals surface area contributed by atoms with Crippen molar-refractivity contribution in [3.8, 4) is 5.75 Å². The summed E-state index contributed by atoms with van der Waals surface area (Å²) >= 11 is 0. The van der Waals surface area contributed by atoms with Crippen molar-refractivity contribution in [3.05, 3.63) is 41.2 Å². The molecule has 1 aliphatic heterocycles. The van der Waals surface area contributed by atoms with E-state index in [-0.39, 0.29) is 23.8 Å². The molecule has 0 bridgehead atoms. The van der Waals surface area contributed by atoms with E-state index in [0.29, 0.717) is 29.6 Å². The molecule has 3 atom stereocenters. The zero-order valence-electron chi connectivity index (χ0n) is 18.5. The van der Waals surface area contributed by atoms with Crippen molar-refractivity contribution in [1.82, 2.24) is 19.8 Å². The number of anilines is 2. The van der Waals surface area contributed by atoms with Crippen LogP contribution in [0.3, 0.4) is 0 Å². The molecular weight excluding hydrogens is 482 g/mol. The number of aromatic nitrogens is 4. The fourth-order valence-corrected chi connectivity index (χ4v) is 4.77. The van der Waals surface area contributed by atoms with Crippen molar-refractivity contribution in [2.75, 3.05) is 29.9 Å². The first kappa shape index (κ1) is 23.3. The first-order valence-electron chi connectivity index (χ1n) is 10.7. The highest BCUT2D eigenvalue weighted by atomic mass is 19.4. The van der Waals surface area contributed by atoms with Crippen molar-refractivity contribution in [2.24, 2.45) is 11.8 Å². The van der Waals surface area contributed by atoms with Crippen molar-refractivity contribution in [1.29, 1.82) is 0 Å². The van der Waals surface area contributed by atoms with Crippen LogP contribution >= 0.6 is 0 Å². The number of hydrogen-bond donors (Lipinski definition) is 1. The zero-order chi connectivity index (χ0) is 25.1. The Morgan fingerprint density at radius 3 is 2.60 bits per heavy atom. The Morgan fingerprint density at radius 2 is 1.97 bits per heavy atom. The van der Waals surface area contributed by atoms with E-state index in [4.69, 9.17) is 9.26 Å². The Hall–Kier alpha value is -3.45. The SMILES string of the molecule is C/C=C1\C2CN(c3cc(C)no3)C[C@H]2[C@@H]1Nc1nc2c(OCC(F)(F)F)ccc(C(F)(F)F)n2n1. The quantitative estimate of drug-likeness (QED) is 0.407. The minimum Gasteiger partial charge on any atom is -0.480 e. The normalized spacial score (nSPS) is 23.6. The van der Waals surface area contributed by atoms with Gasteiger partial charge in [-0.2, -0.15) is 31.3 Å². The Kier molecular flexibility index (Phi) is 5.36. The van der Waals surface area contributed by atoms with E-state index in [1.807, 2.05) is 30.9 Å². The molecule has 14 heteroatoms. The maximum atomic E-state index is 13.5. The Bertz CT molecular complexity index is 1280. The van der Waals surface area contributed by atoms with E-state index in [2.05, 4.69) is 20.6 Å². The van der Waals surface area contributed by atoms with Crippen LogP contribution < -0.4 is 15.0 Å². The van der Waals surface area contributed by atoms with Gasteiger partial charge in [-0.15, -0.1) is 5.10 Å². The van der Waals surface area contributed by atoms with E-state index in [1.165, 1.54) is 0 Å². The molecule has 8 nitrogen and oxygen atoms in total. The highest BCUT2D eigenvalue weighted by Gasteiger charge is 2.52. The third-order valence-corrected chi connectivity index (χ3v) is 6.26. The molecule has 35 heavy (non-hydrogen) atoms. The second kappa shape index (κ2) is 8.05. The molecule has 3 aromatic heterocycles. The lowest BCUT2D eigenvalue weighted by atomic mass is 9.67. The van der Waals surface area contributed by atoms with Crippen LogP contribution in [0.4, 0.5) is 38.2 Å². The Balaban J connectivity index is 1.43. The standard InChI is InChI=1S/C21H20F6N6O2/c1-3-11-12-7-32(16-6-10(2)31-35-16)8-13(12)17(11)28-19-29-18-14(34-9-20(22,23)24)4-5-15(21(25,26)27)33(18)30-19/h3-6,12-13,17H,7-9H2,1-2H3,(H,28,30)/b11-3+/t12?,13-,17-/m1/s1. The predicted molar refractivity (Wildman–Crippen MR) is 111 cm³/mol. The highest BCUT2D eigenvalue weighted by Crippen LogP contribution is 2.48. The number of hydrogen-bond acceptors (Lipinski definition) is 7. The Labute approximate surface area is 194 Å². The average Bonchev–Trinajstić information content (AvgIpc) is 3.46. The van der Waals surface area contributed by atoms with Gasteiger partial charge in [0.25, 0.3) is 0 Å².